The van der Waals surface area contributed by atoms with Crippen molar-refractivity contribution < 1.29 is 75.7 Å². The third-order valence-electron chi connectivity index (χ3n) is 7.51. The summed E-state index contributed by atoms with van der Waals surface area (Å²) in [6.07, 6.45) is -2.31. The van der Waals surface area contributed by atoms with Crippen LogP contribution in [0.2, 0.25) is 0 Å². The van der Waals surface area contributed by atoms with Gasteiger partial charge in [-0.3, -0.25) is 14.2 Å². The third kappa shape index (κ3) is 12.1. The molecule has 0 spiro atoms. The van der Waals surface area contributed by atoms with Crippen molar-refractivity contribution in [2.75, 3.05) is 0 Å². The lowest BCUT2D eigenvalue weighted by Gasteiger charge is -2.14. The van der Waals surface area contributed by atoms with Gasteiger partial charge in [0.2, 0.25) is 29.8 Å². The summed E-state index contributed by atoms with van der Waals surface area (Å²) in [6, 6.07) is 14.1. The normalized spacial score (nSPS) is 11.2. The molecule has 0 bridgehead atoms. The predicted molar refractivity (Wildman–Crippen MR) is 193 cm³/mol. The van der Waals surface area contributed by atoms with Crippen LogP contribution in [0.5, 0.6) is 23.3 Å². The van der Waals surface area contributed by atoms with E-state index in [2.05, 4.69) is 53.4 Å². The van der Waals surface area contributed by atoms with Gasteiger partial charge in [-0.05, 0) is 48.5 Å². The van der Waals surface area contributed by atoms with Crippen molar-refractivity contribution >= 4 is 43.4 Å². The van der Waals surface area contributed by atoms with Crippen LogP contribution in [0, 0.1) is 11.9 Å². The van der Waals surface area contributed by atoms with Crippen molar-refractivity contribution in [2.24, 2.45) is 0 Å². The molecule has 0 unspecified atom stereocenters. The number of halogens is 11. The first-order chi connectivity index (χ1) is 26.9. The molecule has 0 radical (unpaired) electrons. The number of alkyl halides is 6. The number of benzene rings is 2. The number of allylic oxidation sites excluding steroid dienone is 1. The van der Waals surface area contributed by atoms with Crippen molar-refractivity contribution in [3.63, 3.8) is 0 Å². The largest absolute Gasteiger partial charge is 1.00 e. The summed E-state index contributed by atoms with van der Waals surface area (Å²) in [6.45, 7) is 2.55. The number of rotatable bonds is 12. The Morgan fingerprint density at radius 3 is 1.57 bits per heavy atom. The van der Waals surface area contributed by atoms with Gasteiger partial charge in [0.25, 0.3) is 0 Å². The van der Waals surface area contributed by atoms with E-state index in [0.717, 1.165) is 49.2 Å². The zero-order valence-corrected chi connectivity index (χ0v) is 33.9. The summed E-state index contributed by atoms with van der Waals surface area (Å²) in [4.78, 5) is 35.8. The molecule has 21 heteroatoms. The van der Waals surface area contributed by atoms with Gasteiger partial charge in [0, 0.05) is 33.5 Å². The second-order valence-electron chi connectivity index (χ2n) is 11.6. The highest BCUT2D eigenvalue weighted by atomic mass is 79.9. The fraction of sp³-hybridized carbons (Fsp3) is 0.135. The number of ketones is 2. The molecular formula is C37H25Br3F8N6O4. The van der Waals surface area contributed by atoms with Crippen molar-refractivity contribution in [1.82, 2.24) is 24.1 Å². The van der Waals surface area contributed by atoms with Crippen LogP contribution in [-0.4, -0.2) is 35.7 Å². The molecule has 0 aliphatic heterocycles. The first-order valence-corrected chi connectivity index (χ1v) is 17.6. The number of pyridine rings is 2. The molecule has 58 heavy (non-hydrogen) atoms. The second kappa shape index (κ2) is 19.4. The lowest BCUT2D eigenvalue weighted by Crippen LogP contribution is -3.00. The molecular weight excluding hydrogens is 984 g/mol. The van der Waals surface area contributed by atoms with Gasteiger partial charge in [0.05, 0.1) is 41.3 Å². The predicted octanol–water partition coefficient (Wildman–Crippen LogP) is 6.83. The van der Waals surface area contributed by atoms with Gasteiger partial charge in [-0.1, -0.05) is 44.5 Å². The van der Waals surface area contributed by atoms with E-state index in [1.807, 2.05) is 0 Å². The average molecular weight is 1010 g/mol. The van der Waals surface area contributed by atoms with Crippen molar-refractivity contribution in [1.29, 1.82) is 0 Å². The number of carbonyl (C=O) groups is 2. The minimum absolute atomic E-state index is 0. The smallest absolute Gasteiger partial charge is 0.417 e. The first kappa shape index (κ1) is 45.4. The molecule has 10 nitrogen and oxygen atoms in total. The summed E-state index contributed by atoms with van der Waals surface area (Å²) in [7, 11) is 0. The molecule has 0 aliphatic carbocycles. The van der Waals surface area contributed by atoms with Crippen LogP contribution in [0.3, 0.4) is 0 Å². The molecule has 0 atom stereocenters. The molecule has 0 fully saturated rings. The number of ether oxygens (including phenoxy) is 2. The fourth-order valence-corrected chi connectivity index (χ4v) is 5.42. The topological polar surface area (TPSA) is 105 Å². The van der Waals surface area contributed by atoms with Crippen LogP contribution in [0.4, 0.5) is 35.1 Å². The highest BCUT2D eigenvalue weighted by Gasteiger charge is 2.38. The van der Waals surface area contributed by atoms with Gasteiger partial charge in [-0.2, -0.15) is 39.7 Å². The summed E-state index contributed by atoms with van der Waals surface area (Å²) in [5, 5.41) is 0. The summed E-state index contributed by atoms with van der Waals surface area (Å²) < 4.78 is 124. The first-order valence-electron chi connectivity index (χ1n) is 16.0. The van der Waals surface area contributed by atoms with Gasteiger partial charge >= 0.3 is 18.3 Å². The van der Waals surface area contributed by atoms with Crippen LogP contribution in [0.25, 0.3) is 0 Å². The maximum atomic E-state index is 14.0. The van der Waals surface area contributed by atoms with Crippen LogP contribution in [0.15, 0.2) is 120 Å². The lowest BCUT2D eigenvalue weighted by molar-refractivity contribution is -0.687. The Morgan fingerprint density at radius 1 is 0.724 bits per heavy atom. The molecule has 4 heterocycles. The van der Waals surface area contributed by atoms with Crippen molar-refractivity contribution in [2.45, 2.75) is 32.0 Å². The number of imidazole rings is 2. The molecule has 2 aromatic carbocycles. The van der Waals surface area contributed by atoms with E-state index in [1.54, 1.807) is 48.5 Å². The second-order valence-corrected chi connectivity index (χ2v) is 13.4. The van der Waals surface area contributed by atoms with Crippen LogP contribution in [-0.2, 0) is 32.0 Å². The Bertz CT molecular complexity index is 2390. The minimum atomic E-state index is -4.83. The van der Waals surface area contributed by atoms with Crippen LogP contribution >= 0.6 is 31.9 Å². The Labute approximate surface area is 350 Å². The van der Waals surface area contributed by atoms with Crippen molar-refractivity contribution in [3.8, 4) is 23.3 Å². The van der Waals surface area contributed by atoms with Gasteiger partial charge < -0.3 is 26.5 Å². The Hall–Kier alpha value is -5.28. The van der Waals surface area contributed by atoms with Gasteiger partial charge in [0.15, 0.2) is 18.5 Å². The molecule has 4 aromatic heterocycles. The van der Waals surface area contributed by atoms with E-state index in [-0.39, 0.29) is 46.8 Å². The molecule has 6 aromatic rings. The lowest BCUT2D eigenvalue weighted by atomic mass is 10.1. The minimum Gasteiger partial charge on any atom is -1.00 e. The molecule has 0 saturated heterocycles. The van der Waals surface area contributed by atoms with Gasteiger partial charge in [0.1, 0.15) is 18.0 Å². The summed E-state index contributed by atoms with van der Waals surface area (Å²) in [5.41, 5.74) is -3.77. The molecule has 0 amide bonds. The Morgan fingerprint density at radius 2 is 1.17 bits per heavy atom. The number of carbonyl (C=O) groups excluding carboxylic acids is 2. The third-order valence-corrected chi connectivity index (χ3v) is 8.56. The van der Waals surface area contributed by atoms with E-state index in [9.17, 15) is 44.7 Å². The quantitative estimate of drug-likeness (QED) is 0.0574. The van der Waals surface area contributed by atoms with Crippen molar-refractivity contribution in [3.05, 3.63) is 154 Å². The molecule has 0 aliphatic rings. The summed E-state index contributed by atoms with van der Waals surface area (Å²) in [5.74, 6) is -3.58. The van der Waals surface area contributed by atoms with E-state index in [0.29, 0.717) is 12.1 Å². The highest BCUT2D eigenvalue weighted by molar-refractivity contribution is 9.10. The number of hydrogen-bond donors (Lipinski definition) is 0. The standard InChI is InChI=1S/C20H15BrF4N3O2.C17H10BrF4N3O2.BrH/c1-2-7-27-11-18(22)28(12-27)10-17(29)15-9-26-19(8-16(15)20(23,24)25)30-14-5-3-13(21)4-6-14;18-10-1-3-11(4-2-10)27-16-5-13(17(20,21)22)12(6-24-16)14(26)8-25-9-23-7-15(25)19;/h2-6,8-9,11-12H,1,7,10H2;1-7,9H,8H2;1H/q+1;;/p-1. The molecule has 0 N–H and O–H groups in total. The van der Waals surface area contributed by atoms with Gasteiger partial charge in [-0.15, -0.1) is 0 Å². The van der Waals surface area contributed by atoms with E-state index in [1.165, 1.54) is 17.0 Å². The number of nitrogens with zero attached hydrogens (tertiary/aromatic N) is 6. The zero-order chi connectivity index (χ0) is 41.5. The van der Waals surface area contributed by atoms with Crippen LogP contribution < -0.4 is 31.0 Å². The number of Topliss-reactive ketones (excluding diaryl/α,β-unsaturated/α-hetero) is 2. The van der Waals surface area contributed by atoms with E-state index in [4.69, 9.17) is 9.47 Å². The highest BCUT2D eigenvalue weighted by Crippen LogP contribution is 2.36. The molecule has 304 valence electrons. The average Bonchev–Trinajstić information content (AvgIpc) is 3.72. The molecule has 0 saturated carbocycles. The van der Waals surface area contributed by atoms with E-state index >= 15 is 0 Å². The number of aromatic nitrogens is 6. The maximum Gasteiger partial charge on any atom is 0.417 e. The molecule has 6 rings (SSSR count). The zero-order valence-electron chi connectivity index (χ0n) is 29.1. The number of hydrogen-bond acceptors (Lipinski definition) is 7. The summed E-state index contributed by atoms with van der Waals surface area (Å²) >= 11 is 6.48. The SMILES string of the molecule is C=CC[n+]1cc(F)n(CC(=O)c2cnc(Oc3ccc(Br)cc3)cc2C(F)(F)F)c1.O=C(Cn1cncc1F)c1cnc(Oc2ccc(Br)cc2)cc1C(F)(F)F.[Br-]. The van der Waals surface area contributed by atoms with Crippen LogP contribution in [0.1, 0.15) is 31.8 Å². The Balaban J connectivity index is 0.000000254. The van der Waals surface area contributed by atoms with E-state index < -0.39 is 71.2 Å². The fourth-order valence-electron chi connectivity index (χ4n) is 4.89. The van der Waals surface area contributed by atoms with Gasteiger partial charge in [-0.25, -0.2) is 19.5 Å². The maximum absolute atomic E-state index is 14.0. The monoisotopic (exact) mass is 1010 g/mol. The Kier molecular flexibility index (Phi) is 15.2.